The maximum absolute atomic E-state index is 13.6. The van der Waals surface area contributed by atoms with Crippen LogP contribution in [0.5, 0.6) is 0 Å². The predicted molar refractivity (Wildman–Crippen MR) is 132 cm³/mol. The Morgan fingerprint density at radius 2 is 1.80 bits per heavy atom. The molecule has 0 fully saturated rings. The van der Waals surface area contributed by atoms with Crippen LogP contribution in [-0.2, 0) is 23.8 Å². The molecule has 1 aliphatic rings. The number of carbonyl (C=O) groups is 1. The van der Waals surface area contributed by atoms with Crippen molar-refractivity contribution in [3.05, 3.63) is 106 Å². The number of aryl methyl sites for hydroxylation is 4. The Balaban J connectivity index is 1.90. The lowest BCUT2D eigenvalue weighted by Gasteiger charge is -2.42. The number of nitrogens with zero attached hydrogens (tertiary/aromatic N) is 1. The molecule has 184 valence electrons. The van der Waals surface area contributed by atoms with E-state index in [0.29, 0.717) is 11.1 Å². The molecule has 3 nitrogen and oxygen atoms in total. The lowest BCUT2D eigenvalue weighted by molar-refractivity contribution is -0.137. The van der Waals surface area contributed by atoms with Gasteiger partial charge in [-0.3, -0.25) is 9.69 Å². The first-order valence-corrected chi connectivity index (χ1v) is 11.3. The van der Waals surface area contributed by atoms with Crippen LogP contribution in [0.4, 0.5) is 13.2 Å². The van der Waals surface area contributed by atoms with Gasteiger partial charge in [0.15, 0.2) is 0 Å². The Bertz CT molecular complexity index is 1440. The highest BCUT2D eigenvalue weighted by atomic mass is 19.4. The first-order chi connectivity index (χ1) is 19.3. The highest BCUT2D eigenvalue weighted by Gasteiger charge is 2.36. The molecule has 1 amide bonds. The number of halogens is 3. The normalized spacial score (nSPS) is 23.2. The summed E-state index contributed by atoms with van der Waals surface area (Å²) in [6, 6.07) is 13.4. The Labute approximate surface area is 214 Å². The maximum atomic E-state index is 13.6. The number of likely N-dealkylation sites (N-methyl/N-ethyl adjacent to an activating group) is 1. The lowest BCUT2D eigenvalue weighted by Crippen LogP contribution is -2.44. The summed E-state index contributed by atoms with van der Waals surface area (Å²) in [5.41, 5.74) is 2.05. The number of nitrogens with one attached hydrogen (secondary N) is 1. The molecule has 2 atom stereocenters. The van der Waals surface area contributed by atoms with Gasteiger partial charge in [0.1, 0.15) is 6.04 Å². The van der Waals surface area contributed by atoms with Crippen molar-refractivity contribution >= 4 is 5.91 Å². The van der Waals surface area contributed by atoms with Crippen LogP contribution in [-0.4, -0.2) is 24.3 Å². The van der Waals surface area contributed by atoms with E-state index in [-0.39, 0.29) is 24.0 Å². The molecule has 4 rings (SSSR count). The first kappa shape index (κ1) is 17.3. The third-order valence-corrected chi connectivity index (χ3v) is 6.43. The zero-order valence-corrected chi connectivity index (χ0v) is 19.4. The second kappa shape index (κ2) is 10.2. The van der Waals surface area contributed by atoms with E-state index >= 15 is 0 Å². The number of carbonyl (C=O) groups excluding carboxylic acids is 1. The molecule has 35 heavy (non-hydrogen) atoms. The minimum absolute atomic E-state index is 0.0981. The van der Waals surface area contributed by atoms with E-state index in [2.05, 4.69) is 0 Å². The van der Waals surface area contributed by atoms with Crippen molar-refractivity contribution in [1.29, 1.82) is 0 Å². The summed E-state index contributed by atoms with van der Waals surface area (Å²) >= 11 is 0. The number of hydrogen-bond acceptors (Lipinski definition) is 2. The fraction of sp³-hybridized carbons (Fsp3) is 0.345. The Morgan fingerprint density at radius 3 is 2.46 bits per heavy atom. The topological polar surface area (TPSA) is 32.3 Å². The van der Waals surface area contributed by atoms with E-state index < -0.39 is 49.6 Å². The molecule has 0 saturated carbocycles. The second-order valence-electron chi connectivity index (χ2n) is 8.72. The van der Waals surface area contributed by atoms with E-state index in [1.165, 1.54) is 24.3 Å². The van der Waals surface area contributed by atoms with Gasteiger partial charge in [-0.25, -0.2) is 0 Å². The molecule has 0 aliphatic carbocycles. The van der Waals surface area contributed by atoms with Gasteiger partial charge in [0.2, 0.25) is 5.91 Å². The van der Waals surface area contributed by atoms with E-state index in [4.69, 9.17) is 9.60 Å². The lowest BCUT2D eigenvalue weighted by atomic mass is 9.84. The van der Waals surface area contributed by atoms with Crippen molar-refractivity contribution < 1.29 is 27.6 Å². The molecular formula is C29H31F3N2O. The van der Waals surface area contributed by atoms with Crippen LogP contribution < -0.4 is 5.32 Å². The summed E-state index contributed by atoms with van der Waals surface area (Å²) in [5.74, 6) is -1.03. The van der Waals surface area contributed by atoms with Gasteiger partial charge in [-0.05, 0) is 78.6 Å². The zero-order chi connectivity index (χ0) is 31.3. The van der Waals surface area contributed by atoms with Crippen molar-refractivity contribution in [1.82, 2.24) is 10.2 Å². The van der Waals surface area contributed by atoms with Crippen LogP contribution in [0.15, 0.2) is 66.7 Å². The molecule has 0 radical (unpaired) electrons. The van der Waals surface area contributed by atoms with Crippen molar-refractivity contribution in [3.8, 4) is 0 Å². The average Bonchev–Trinajstić information content (AvgIpc) is 2.88. The molecule has 0 unspecified atom stereocenters. The van der Waals surface area contributed by atoms with Crippen LogP contribution in [0.3, 0.4) is 0 Å². The monoisotopic (exact) mass is 487 g/mol. The highest BCUT2D eigenvalue weighted by Crippen LogP contribution is 2.40. The molecular weight excluding hydrogens is 449 g/mol. The van der Waals surface area contributed by atoms with E-state index in [1.807, 2.05) is 12.2 Å². The van der Waals surface area contributed by atoms with E-state index in [0.717, 1.165) is 28.2 Å². The summed E-state index contributed by atoms with van der Waals surface area (Å²) in [4.78, 5) is 14.7. The predicted octanol–water partition coefficient (Wildman–Crippen LogP) is 6.34. The van der Waals surface area contributed by atoms with Crippen molar-refractivity contribution in [3.63, 3.8) is 0 Å². The van der Waals surface area contributed by atoms with Gasteiger partial charge < -0.3 is 5.32 Å². The van der Waals surface area contributed by atoms with Crippen LogP contribution in [0.1, 0.15) is 67.0 Å². The number of fused-ring (bicyclic) bond motifs is 1. The molecule has 1 N–H and O–H groups in total. The Hall–Kier alpha value is -3.12. The highest BCUT2D eigenvalue weighted by molar-refractivity contribution is 5.83. The third-order valence-electron chi connectivity index (χ3n) is 6.43. The standard InChI is InChI=1S/C29H31F3N2O/c1-19-17-23-15-16-34(27(28(35)33-3)22-7-5-4-6-8-22)26(25(23)18-20(19)2)14-11-21-9-12-24(13-10-21)29(30,31)32/h4-10,12-13,17-18,26-27H,11,14-16H2,1-3H3,(H,33,35)/t26-,27+/m0/s1/i3D3,15D2,16D2. The van der Waals surface area contributed by atoms with Gasteiger partial charge in [-0.1, -0.05) is 54.6 Å². The van der Waals surface area contributed by atoms with Gasteiger partial charge in [0.25, 0.3) is 0 Å². The van der Waals surface area contributed by atoms with E-state index in [1.54, 1.807) is 37.3 Å². The Kier molecular flexibility index (Phi) is 5.07. The van der Waals surface area contributed by atoms with Crippen LogP contribution in [0.2, 0.25) is 0 Å². The minimum atomic E-state index is -4.51. The maximum Gasteiger partial charge on any atom is 0.416 e. The third kappa shape index (κ3) is 5.43. The SMILES string of the molecule is [2H]C([2H])([2H])NC(=O)[C@@H](c1ccccc1)N1[C@@H](CCc2ccc(C(F)(F)F)cc2)c2cc(C)c(C)cc2C([2H])([2H])C1([2H])[2H]. The fourth-order valence-electron chi connectivity index (χ4n) is 4.42. The van der Waals surface area contributed by atoms with Gasteiger partial charge in [0, 0.05) is 29.1 Å². The smallest absolute Gasteiger partial charge is 0.358 e. The average molecular weight is 488 g/mol. The molecule has 0 bridgehead atoms. The number of hydrogen-bond donors (Lipinski definition) is 1. The summed E-state index contributed by atoms with van der Waals surface area (Å²) in [5, 5.41) is 1.96. The summed E-state index contributed by atoms with van der Waals surface area (Å²) < 4.78 is 98.4. The molecule has 6 heteroatoms. The molecule has 0 saturated heterocycles. The van der Waals surface area contributed by atoms with Crippen LogP contribution in [0, 0.1) is 13.8 Å². The van der Waals surface area contributed by atoms with Crippen molar-refractivity contribution in [2.45, 2.75) is 51.3 Å². The number of amides is 1. The molecule has 0 aromatic heterocycles. The van der Waals surface area contributed by atoms with Crippen LogP contribution >= 0.6 is 0 Å². The summed E-state index contributed by atoms with van der Waals surface area (Å²) in [6.45, 7) is -2.12. The van der Waals surface area contributed by atoms with Gasteiger partial charge in [-0.2, -0.15) is 13.2 Å². The Morgan fingerprint density at radius 1 is 1.11 bits per heavy atom. The summed E-state index contributed by atoms with van der Waals surface area (Å²) in [7, 11) is 0. The van der Waals surface area contributed by atoms with Gasteiger partial charge in [-0.15, -0.1) is 0 Å². The van der Waals surface area contributed by atoms with E-state index in [9.17, 15) is 18.0 Å². The largest absolute Gasteiger partial charge is 0.416 e. The van der Waals surface area contributed by atoms with Crippen molar-refractivity contribution in [2.24, 2.45) is 0 Å². The van der Waals surface area contributed by atoms with Crippen LogP contribution in [0.25, 0.3) is 0 Å². The molecule has 3 aromatic carbocycles. The number of benzene rings is 3. The molecule has 3 aromatic rings. The zero-order valence-electron chi connectivity index (χ0n) is 26.4. The first-order valence-electron chi connectivity index (χ1n) is 14.8. The molecule has 0 spiro atoms. The molecule has 1 aliphatic heterocycles. The fourth-order valence-corrected chi connectivity index (χ4v) is 4.42. The van der Waals surface area contributed by atoms with Crippen molar-refractivity contribution in [2.75, 3.05) is 13.5 Å². The minimum Gasteiger partial charge on any atom is -0.358 e. The number of alkyl halides is 3. The molecule has 1 heterocycles. The second-order valence-corrected chi connectivity index (χ2v) is 8.72. The van der Waals surface area contributed by atoms with Gasteiger partial charge in [0.05, 0.1) is 5.56 Å². The summed E-state index contributed by atoms with van der Waals surface area (Å²) in [6.07, 6.45) is -6.86. The quantitative estimate of drug-likeness (QED) is 0.440. The number of rotatable bonds is 6. The van der Waals surface area contributed by atoms with Gasteiger partial charge >= 0.3 is 6.18 Å².